The van der Waals surface area contributed by atoms with Crippen LogP contribution in [-0.2, 0) is 4.79 Å². The lowest BCUT2D eigenvalue weighted by Gasteiger charge is -2.25. The Morgan fingerprint density at radius 1 is 1.24 bits per heavy atom. The first-order chi connectivity index (χ1) is 7.84. The van der Waals surface area contributed by atoms with Crippen LogP contribution >= 0.6 is 11.6 Å². The molecule has 0 aliphatic rings. The fourth-order valence-electron chi connectivity index (χ4n) is 1.25. The Morgan fingerprint density at radius 3 is 2.24 bits per heavy atom. The fraction of sp³-hybridized carbons (Fsp3) is 0.400. The van der Waals surface area contributed by atoms with Gasteiger partial charge in [0.05, 0.1) is 0 Å². The molecule has 2 heteroatoms. The lowest BCUT2D eigenvalue weighted by Crippen LogP contribution is -2.28. The molecule has 0 amide bonds. The third-order valence-electron chi connectivity index (χ3n) is 3.38. The maximum absolute atomic E-state index is 12.0. The van der Waals surface area contributed by atoms with Crippen LogP contribution in [0.25, 0.3) is 6.08 Å². The Balaban J connectivity index is 2.78. The van der Waals surface area contributed by atoms with E-state index in [1.807, 2.05) is 44.2 Å². The van der Waals surface area contributed by atoms with E-state index < -0.39 is 0 Å². The van der Waals surface area contributed by atoms with E-state index in [-0.39, 0.29) is 11.2 Å². The minimum atomic E-state index is -0.317. The first-order valence-corrected chi connectivity index (χ1v) is 6.20. The van der Waals surface area contributed by atoms with Gasteiger partial charge in [0.1, 0.15) is 0 Å². The van der Waals surface area contributed by atoms with Gasteiger partial charge >= 0.3 is 0 Å². The van der Waals surface area contributed by atoms with E-state index in [0.717, 1.165) is 5.56 Å². The molecular weight excluding hydrogens is 232 g/mol. The summed E-state index contributed by atoms with van der Waals surface area (Å²) >= 11 is 5.80. The van der Waals surface area contributed by atoms with Crippen molar-refractivity contribution in [3.63, 3.8) is 0 Å². The molecule has 1 aromatic carbocycles. The van der Waals surface area contributed by atoms with Crippen LogP contribution in [0.4, 0.5) is 0 Å². The van der Waals surface area contributed by atoms with Crippen LogP contribution in [0.1, 0.15) is 33.3 Å². The second-order valence-electron chi connectivity index (χ2n) is 5.13. The van der Waals surface area contributed by atoms with Crippen molar-refractivity contribution in [1.29, 1.82) is 0 Å². The van der Waals surface area contributed by atoms with Gasteiger partial charge in [0.15, 0.2) is 5.78 Å². The van der Waals surface area contributed by atoms with Gasteiger partial charge in [0, 0.05) is 10.4 Å². The lowest BCUT2D eigenvalue weighted by atomic mass is 9.77. The molecule has 0 bridgehead atoms. The molecule has 92 valence electrons. The number of hydrogen-bond acceptors (Lipinski definition) is 1. The molecule has 0 aliphatic heterocycles. The van der Waals surface area contributed by atoms with Crippen molar-refractivity contribution in [2.75, 3.05) is 0 Å². The third kappa shape index (κ3) is 3.71. The third-order valence-corrected chi connectivity index (χ3v) is 3.63. The summed E-state index contributed by atoms with van der Waals surface area (Å²) in [4.78, 5) is 12.0. The van der Waals surface area contributed by atoms with Gasteiger partial charge in [-0.15, -0.1) is 0 Å². The van der Waals surface area contributed by atoms with Gasteiger partial charge in [-0.2, -0.15) is 0 Å². The van der Waals surface area contributed by atoms with Gasteiger partial charge < -0.3 is 0 Å². The van der Waals surface area contributed by atoms with E-state index >= 15 is 0 Å². The minimum Gasteiger partial charge on any atom is -0.294 e. The molecule has 0 aromatic heterocycles. The maximum atomic E-state index is 12.0. The van der Waals surface area contributed by atoms with Gasteiger partial charge in [-0.05, 0) is 29.7 Å². The summed E-state index contributed by atoms with van der Waals surface area (Å²) in [6, 6.07) is 7.43. The van der Waals surface area contributed by atoms with Crippen molar-refractivity contribution >= 4 is 23.5 Å². The monoisotopic (exact) mass is 250 g/mol. The Hall–Kier alpha value is -1.08. The first kappa shape index (κ1) is 14.0. The number of rotatable bonds is 4. The number of carbonyl (C=O) groups excluding carboxylic acids is 1. The number of hydrogen-bond donors (Lipinski definition) is 0. The first-order valence-electron chi connectivity index (χ1n) is 5.82. The summed E-state index contributed by atoms with van der Waals surface area (Å²) < 4.78 is 0. The average Bonchev–Trinajstić information content (AvgIpc) is 2.27. The minimum absolute atomic E-state index is 0.155. The topological polar surface area (TPSA) is 17.1 Å². The van der Waals surface area contributed by atoms with Crippen molar-refractivity contribution in [2.45, 2.75) is 27.7 Å². The second-order valence-corrected chi connectivity index (χ2v) is 5.56. The normalized spacial score (nSPS) is 12.4. The van der Waals surface area contributed by atoms with Crippen molar-refractivity contribution in [2.24, 2.45) is 11.3 Å². The van der Waals surface area contributed by atoms with E-state index in [9.17, 15) is 4.79 Å². The largest absolute Gasteiger partial charge is 0.294 e. The van der Waals surface area contributed by atoms with Crippen LogP contribution in [0.2, 0.25) is 5.02 Å². The van der Waals surface area contributed by atoms with Crippen LogP contribution in [0.3, 0.4) is 0 Å². The molecule has 0 fully saturated rings. The number of halogens is 1. The van der Waals surface area contributed by atoms with Crippen LogP contribution in [0, 0.1) is 11.3 Å². The van der Waals surface area contributed by atoms with Crippen molar-refractivity contribution < 1.29 is 4.79 Å². The molecule has 0 atom stereocenters. The molecule has 0 aliphatic carbocycles. The van der Waals surface area contributed by atoms with Crippen molar-refractivity contribution in [1.82, 2.24) is 0 Å². The smallest absolute Gasteiger partial charge is 0.161 e. The van der Waals surface area contributed by atoms with E-state index in [4.69, 9.17) is 11.6 Å². The number of ketones is 1. The fourth-order valence-corrected chi connectivity index (χ4v) is 1.37. The molecule has 17 heavy (non-hydrogen) atoms. The molecule has 0 saturated carbocycles. The zero-order valence-electron chi connectivity index (χ0n) is 10.8. The Labute approximate surface area is 108 Å². The Bertz CT molecular complexity index is 413. The van der Waals surface area contributed by atoms with Gasteiger partial charge in [0.25, 0.3) is 0 Å². The number of benzene rings is 1. The highest BCUT2D eigenvalue weighted by molar-refractivity contribution is 6.30. The number of allylic oxidation sites excluding steroid dienone is 1. The second kappa shape index (κ2) is 5.50. The molecule has 0 N–H and O–H groups in total. The van der Waals surface area contributed by atoms with E-state index in [1.54, 1.807) is 6.08 Å². The van der Waals surface area contributed by atoms with Gasteiger partial charge in [0.2, 0.25) is 0 Å². The zero-order chi connectivity index (χ0) is 13.1. The summed E-state index contributed by atoms with van der Waals surface area (Å²) in [7, 11) is 0. The Kier molecular flexibility index (Phi) is 4.53. The van der Waals surface area contributed by atoms with Crippen LogP contribution in [0.5, 0.6) is 0 Å². The quantitative estimate of drug-likeness (QED) is 0.714. The Morgan fingerprint density at radius 2 is 1.76 bits per heavy atom. The molecule has 0 radical (unpaired) electrons. The molecule has 0 spiro atoms. The molecule has 0 heterocycles. The molecular formula is C15H19ClO. The van der Waals surface area contributed by atoms with Gasteiger partial charge in [-0.3, -0.25) is 4.79 Å². The highest BCUT2D eigenvalue weighted by Gasteiger charge is 2.28. The highest BCUT2D eigenvalue weighted by Crippen LogP contribution is 2.27. The number of carbonyl (C=O) groups is 1. The SMILES string of the molecule is CC(C)C(C)(C)C(=O)C=Cc1ccc(Cl)cc1. The van der Waals surface area contributed by atoms with Crippen molar-refractivity contribution in [3.05, 3.63) is 40.9 Å². The predicted octanol–water partition coefficient (Wildman–Crippen LogP) is 4.60. The zero-order valence-corrected chi connectivity index (χ0v) is 11.6. The summed E-state index contributed by atoms with van der Waals surface area (Å²) in [6.07, 6.45) is 3.49. The van der Waals surface area contributed by atoms with Crippen LogP contribution in [0.15, 0.2) is 30.3 Å². The van der Waals surface area contributed by atoms with Crippen molar-refractivity contribution in [3.8, 4) is 0 Å². The highest BCUT2D eigenvalue weighted by atomic mass is 35.5. The van der Waals surface area contributed by atoms with E-state index in [2.05, 4.69) is 13.8 Å². The van der Waals surface area contributed by atoms with Crippen LogP contribution in [-0.4, -0.2) is 5.78 Å². The maximum Gasteiger partial charge on any atom is 0.161 e. The molecule has 0 unspecified atom stereocenters. The summed E-state index contributed by atoms with van der Waals surface area (Å²) in [5, 5.41) is 0.705. The molecule has 1 rings (SSSR count). The predicted molar refractivity (Wildman–Crippen MR) is 74.1 cm³/mol. The summed E-state index contributed by atoms with van der Waals surface area (Å²) in [5.74, 6) is 0.479. The van der Waals surface area contributed by atoms with Gasteiger partial charge in [-0.25, -0.2) is 0 Å². The van der Waals surface area contributed by atoms with E-state index in [0.29, 0.717) is 10.9 Å². The molecule has 1 aromatic rings. The lowest BCUT2D eigenvalue weighted by molar-refractivity contribution is -0.124. The molecule has 0 saturated heterocycles. The molecule has 1 nitrogen and oxygen atoms in total. The van der Waals surface area contributed by atoms with Crippen LogP contribution < -0.4 is 0 Å². The summed E-state index contributed by atoms with van der Waals surface area (Å²) in [6.45, 7) is 8.08. The summed E-state index contributed by atoms with van der Waals surface area (Å²) in [5.41, 5.74) is 0.672. The van der Waals surface area contributed by atoms with E-state index in [1.165, 1.54) is 0 Å². The van der Waals surface area contributed by atoms with Gasteiger partial charge in [-0.1, -0.05) is 57.5 Å². The standard InChI is InChI=1S/C15H19ClO/c1-11(2)15(3,4)14(17)10-7-12-5-8-13(16)9-6-12/h5-11H,1-4H3. The average molecular weight is 251 g/mol.